The highest BCUT2D eigenvalue weighted by atomic mass is 16.3. The average molecular weight is 340 g/mol. The minimum Gasteiger partial charge on any atom is -0.508 e. The number of hydrogen-bond donors (Lipinski definition) is 3. The fraction of sp³-hybridized carbons (Fsp3) is 0.350. The van der Waals surface area contributed by atoms with E-state index in [1.807, 2.05) is 30.3 Å². The third kappa shape index (κ3) is 4.73. The van der Waals surface area contributed by atoms with E-state index in [-0.39, 0.29) is 11.7 Å². The number of carbonyl (C=O) groups is 1. The number of hydrogen-bond acceptors (Lipinski definition) is 3. The molecular formula is C20H26N3O2+. The molecule has 132 valence electrons. The Kier molecular flexibility index (Phi) is 5.56. The first-order valence-electron chi connectivity index (χ1n) is 8.90. The van der Waals surface area contributed by atoms with Gasteiger partial charge >= 0.3 is 0 Å². The fourth-order valence-electron chi connectivity index (χ4n) is 3.22. The van der Waals surface area contributed by atoms with Gasteiger partial charge < -0.3 is 20.2 Å². The van der Waals surface area contributed by atoms with Crippen LogP contribution in [-0.2, 0) is 11.2 Å². The van der Waals surface area contributed by atoms with Crippen LogP contribution >= 0.6 is 0 Å². The summed E-state index contributed by atoms with van der Waals surface area (Å²) < 4.78 is 0. The summed E-state index contributed by atoms with van der Waals surface area (Å²) >= 11 is 0. The summed E-state index contributed by atoms with van der Waals surface area (Å²) in [6, 6.07) is 15.3. The number of amides is 1. The third-order valence-corrected chi connectivity index (χ3v) is 4.71. The van der Waals surface area contributed by atoms with E-state index in [0.29, 0.717) is 6.54 Å². The van der Waals surface area contributed by atoms with E-state index in [1.165, 1.54) is 10.5 Å². The lowest BCUT2D eigenvalue weighted by molar-refractivity contribution is -0.892. The van der Waals surface area contributed by atoms with E-state index in [0.717, 1.165) is 44.0 Å². The molecule has 0 aromatic heterocycles. The standard InChI is InChI=1S/C20H25N3O2/c1-2-16-4-3-5-17(14-16)21-20(25)15-22-10-12-23(13-11-22)18-6-8-19(24)9-7-18/h3-9,14,24H,2,10-13,15H2,1H3,(H,21,25)/p+1. The number of aryl methyl sites for hydroxylation is 1. The minimum absolute atomic E-state index is 0.0707. The summed E-state index contributed by atoms with van der Waals surface area (Å²) in [5.41, 5.74) is 3.23. The first-order valence-corrected chi connectivity index (χ1v) is 8.90. The normalized spacial score (nSPS) is 15.2. The van der Waals surface area contributed by atoms with Crippen molar-refractivity contribution >= 4 is 17.3 Å². The molecule has 3 rings (SSSR count). The number of anilines is 2. The van der Waals surface area contributed by atoms with Crippen LogP contribution in [-0.4, -0.2) is 43.7 Å². The Morgan fingerprint density at radius 2 is 1.88 bits per heavy atom. The smallest absolute Gasteiger partial charge is 0.279 e. The number of phenols is 1. The van der Waals surface area contributed by atoms with Crippen molar-refractivity contribution < 1.29 is 14.8 Å². The second kappa shape index (κ2) is 8.03. The molecule has 1 amide bonds. The highest BCUT2D eigenvalue weighted by molar-refractivity contribution is 5.91. The summed E-state index contributed by atoms with van der Waals surface area (Å²) in [5, 5.41) is 12.4. The van der Waals surface area contributed by atoms with Crippen LogP contribution in [0.25, 0.3) is 0 Å². The van der Waals surface area contributed by atoms with Crippen LogP contribution in [0.2, 0.25) is 0 Å². The van der Waals surface area contributed by atoms with Crippen LogP contribution < -0.4 is 15.1 Å². The molecule has 0 saturated carbocycles. The molecule has 1 fully saturated rings. The lowest BCUT2D eigenvalue weighted by atomic mass is 10.1. The van der Waals surface area contributed by atoms with Crippen molar-refractivity contribution in [2.45, 2.75) is 13.3 Å². The largest absolute Gasteiger partial charge is 0.508 e. The summed E-state index contributed by atoms with van der Waals surface area (Å²) in [5.74, 6) is 0.359. The maximum atomic E-state index is 12.3. The van der Waals surface area contributed by atoms with E-state index >= 15 is 0 Å². The Balaban J connectivity index is 1.48. The summed E-state index contributed by atoms with van der Waals surface area (Å²) in [7, 11) is 0. The topological polar surface area (TPSA) is 57.0 Å². The van der Waals surface area contributed by atoms with Gasteiger partial charge in [0.05, 0.1) is 26.2 Å². The van der Waals surface area contributed by atoms with Crippen molar-refractivity contribution in [3.63, 3.8) is 0 Å². The van der Waals surface area contributed by atoms with Crippen molar-refractivity contribution in [1.82, 2.24) is 0 Å². The van der Waals surface area contributed by atoms with Crippen molar-refractivity contribution in [3.05, 3.63) is 54.1 Å². The lowest BCUT2D eigenvalue weighted by Gasteiger charge is -2.33. The van der Waals surface area contributed by atoms with E-state index < -0.39 is 0 Å². The van der Waals surface area contributed by atoms with E-state index in [9.17, 15) is 9.90 Å². The number of phenolic OH excluding ortho intramolecular Hbond substituents is 1. The van der Waals surface area contributed by atoms with Crippen LogP contribution in [0.15, 0.2) is 48.5 Å². The monoisotopic (exact) mass is 340 g/mol. The molecule has 1 aliphatic heterocycles. The number of nitrogens with zero attached hydrogens (tertiary/aromatic N) is 1. The lowest BCUT2D eigenvalue weighted by Crippen LogP contribution is -3.15. The number of rotatable bonds is 5. The molecule has 25 heavy (non-hydrogen) atoms. The fourth-order valence-corrected chi connectivity index (χ4v) is 3.22. The molecule has 0 spiro atoms. The maximum absolute atomic E-state index is 12.3. The predicted octanol–water partition coefficient (Wildman–Crippen LogP) is 1.30. The second-order valence-corrected chi connectivity index (χ2v) is 6.53. The molecule has 1 aliphatic rings. The van der Waals surface area contributed by atoms with Crippen LogP contribution in [0, 0.1) is 0 Å². The zero-order valence-corrected chi connectivity index (χ0v) is 14.7. The number of quaternary nitrogens is 1. The molecule has 0 atom stereocenters. The summed E-state index contributed by atoms with van der Waals surface area (Å²) in [6.45, 7) is 6.31. The van der Waals surface area contributed by atoms with Crippen molar-refractivity contribution in [2.24, 2.45) is 0 Å². The van der Waals surface area contributed by atoms with Gasteiger partial charge in [0.1, 0.15) is 5.75 Å². The van der Waals surface area contributed by atoms with Crippen molar-refractivity contribution in [1.29, 1.82) is 0 Å². The highest BCUT2D eigenvalue weighted by Crippen LogP contribution is 2.18. The van der Waals surface area contributed by atoms with Gasteiger partial charge in [0.25, 0.3) is 5.91 Å². The zero-order valence-electron chi connectivity index (χ0n) is 14.7. The highest BCUT2D eigenvalue weighted by Gasteiger charge is 2.22. The molecule has 0 unspecified atom stereocenters. The molecule has 1 heterocycles. The van der Waals surface area contributed by atoms with Gasteiger partial charge in [-0.1, -0.05) is 19.1 Å². The Morgan fingerprint density at radius 1 is 1.16 bits per heavy atom. The van der Waals surface area contributed by atoms with Gasteiger partial charge in [-0.25, -0.2) is 0 Å². The molecule has 0 aliphatic carbocycles. The van der Waals surface area contributed by atoms with E-state index in [2.05, 4.69) is 23.2 Å². The maximum Gasteiger partial charge on any atom is 0.279 e. The van der Waals surface area contributed by atoms with Crippen LogP contribution in [0.3, 0.4) is 0 Å². The average Bonchev–Trinajstić information content (AvgIpc) is 2.63. The first-order chi connectivity index (χ1) is 12.1. The Hall–Kier alpha value is -2.53. The van der Waals surface area contributed by atoms with Crippen molar-refractivity contribution in [2.75, 3.05) is 42.9 Å². The SMILES string of the molecule is CCc1cccc(NC(=O)C[NH+]2CCN(c3ccc(O)cc3)CC2)c1. The number of benzene rings is 2. The van der Waals surface area contributed by atoms with Gasteiger partial charge in [-0.05, 0) is 48.4 Å². The van der Waals surface area contributed by atoms with Crippen LogP contribution in [0.4, 0.5) is 11.4 Å². The van der Waals surface area contributed by atoms with Gasteiger partial charge in [0.2, 0.25) is 0 Å². The van der Waals surface area contributed by atoms with Crippen LogP contribution in [0.1, 0.15) is 12.5 Å². The molecule has 5 nitrogen and oxygen atoms in total. The van der Waals surface area contributed by atoms with Gasteiger partial charge in [-0.15, -0.1) is 0 Å². The quantitative estimate of drug-likeness (QED) is 0.769. The Labute approximate surface area is 148 Å². The van der Waals surface area contributed by atoms with E-state index in [4.69, 9.17) is 0 Å². The van der Waals surface area contributed by atoms with Crippen molar-refractivity contribution in [3.8, 4) is 5.75 Å². The number of piperazine rings is 1. The minimum atomic E-state index is 0.0707. The molecule has 3 N–H and O–H groups in total. The van der Waals surface area contributed by atoms with Gasteiger partial charge in [-0.2, -0.15) is 0 Å². The molecule has 0 radical (unpaired) electrons. The Bertz CT molecular complexity index is 707. The summed E-state index contributed by atoms with van der Waals surface area (Å²) in [6.07, 6.45) is 0.966. The second-order valence-electron chi connectivity index (χ2n) is 6.53. The molecule has 2 aromatic rings. The molecular weight excluding hydrogens is 314 g/mol. The molecule has 2 aromatic carbocycles. The number of aromatic hydroxyl groups is 1. The van der Waals surface area contributed by atoms with Gasteiger partial charge in [-0.3, -0.25) is 4.79 Å². The predicted molar refractivity (Wildman–Crippen MR) is 100 cm³/mol. The summed E-state index contributed by atoms with van der Waals surface area (Å²) in [4.78, 5) is 15.9. The third-order valence-electron chi connectivity index (χ3n) is 4.71. The van der Waals surface area contributed by atoms with Gasteiger partial charge in [0.15, 0.2) is 6.54 Å². The number of nitrogens with one attached hydrogen (secondary N) is 2. The zero-order chi connectivity index (χ0) is 17.6. The molecule has 0 bridgehead atoms. The molecule has 1 saturated heterocycles. The van der Waals surface area contributed by atoms with E-state index in [1.54, 1.807) is 12.1 Å². The van der Waals surface area contributed by atoms with Gasteiger partial charge in [0, 0.05) is 11.4 Å². The number of carbonyl (C=O) groups excluding carboxylic acids is 1. The Morgan fingerprint density at radius 3 is 2.56 bits per heavy atom. The first kappa shape index (κ1) is 17.3. The molecule has 5 heteroatoms. The van der Waals surface area contributed by atoms with Crippen LogP contribution in [0.5, 0.6) is 5.75 Å².